The Kier molecular flexibility index (Phi) is 4.86. The zero-order valence-electron chi connectivity index (χ0n) is 11.8. The third-order valence-electron chi connectivity index (χ3n) is 3.12. The van der Waals surface area contributed by atoms with Crippen molar-refractivity contribution >= 4 is 15.7 Å². The molecule has 0 aliphatic carbocycles. The maximum atomic E-state index is 12.8. The van der Waals surface area contributed by atoms with Crippen molar-refractivity contribution in [3.8, 4) is 0 Å². The number of nitrogens with one attached hydrogen (secondary N) is 2. The van der Waals surface area contributed by atoms with E-state index < -0.39 is 21.0 Å². The SMILES string of the molecule is CC(C(=O)NCCc1ccc(F)cc1)S(=O)(=O)c1ncn[nH]1. The molecule has 0 spiro atoms. The van der Waals surface area contributed by atoms with Crippen molar-refractivity contribution in [2.24, 2.45) is 0 Å². The van der Waals surface area contributed by atoms with Crippen molar-refractivity contribution < 1.29 is 17.6 Å². The molecule has 0 aliphatic rings. The van der Waals surface area contributed by atoms with E-state index >= 15 is 0 Å². The van der Waals surface area contributed by atoms with Gasteiger partial charge in [-0.05, 0) is 31.0 Å². The lowest BCUT2D eigenvalue weighted by Crippen LogP contribution is -2.39. The summed E-state index contributed by atoms with van der Waals surface area (Å²) < 4.78 is 36.9. The molecule has 118 valence electrons. The summed E-state index contributed by atoms with van der Waals surface area (Å²) in [5, 5.41) is 6.61. The third kappa shape index (κ3) is 3.67. The number of carbonyl (C=O) groups is 1. The summed E-state index contributed by atoms with van der Waals surface area (Å²) in [6.07, 6.45) is 1.53. The number of aromatic amines is 1. The molecule has 0 saturated carbocycles. The molecule has 0 radical (unpaired) electrons. The number of hydrogen-bond donors (Lipinski definition) is 2. The number of carbonyl (C=O) groups excluding carboxylic acids is 1. The van der Waals surface area contributed by atoms with Gasteiger partial charge in [0.2, 0.25) is 20.9 Å². The van der Waals surface area contributed by atoms with Gasteiger partial charge in [0.25, 0.3) is 0 Å². The normalized spacial score (nSPS) is 12.8. The van der Waals surface area contributed by atoms with Crippen molar-refractivity contribution in [3.63, 3.8) is 0 Å². The molecule has 22 heavy (non-hydrogen) atoms. The molecule has 2 rings (SSSR count). The molecule has 2 aromatic rings. The first-order valence-electron chi connectivity index (χ1n) is 6.52. The second-order valence-electron chi connectivity index (χ2n) is 4.65. The van der Waals surface area contributed by atoms with Gasteiger partial charge >= 0.3 is 0 Å². The molecule has 1 amide bonds. The number of H-pyrrole nitrogens is 1. The Balaban J connectivity index is 1.90. The van der Waals surface area contributed by atoms with Crippen LogP contribution in [0.2, 0.25) is 0 Å². The van der Waals surface area contributed by atoms with Crippen LogP contribution in [0, 0.1) is 5.82 Å². The van der Waals surface area contributed by atoms with E-state index in [-0.39, 0.29) is 17.5 Å². The first kappa shape index (κ1) is 16.1. The minimum Gasteiger partial charge on any atom is -0.355 e. The Labute approximate surface area is 126 Å². The molecule has 1 aromatic heterocycles. The number of aromatic nitrogens is 3. The van der Waals surface area contributed by atoms with Gasteiger partial charge in [0.05, 0.1) is 0 Å². The Bertz CT molecular complexity index is 729. The van der Waals surface area contributed by atoms with Gasteiger partial charge in [0.1, 0.15) is 17.4 Å². The van der Waals surface area contributed by atoms with Gasteiger partial charge in [-0.25, -0.2) is 17.8 Å². The molecule has 0 saturated heterocycles. The lowest BCUT2D eigenvalue weighted by Gasteiger charge is -2.11. The highest BCUT2D eigenvalue weighted by Gasteiger charge is 2.31. The molecule has 0 aliphatic heterocycles. The van der Waals surface area contributed by atoms with Crippen LogP contribution in [0.25, 0.3) is 0 Å². The summed E-state index contributed by atoms with van der Waals surface area (Å²) >= 11 is 0. The Morgan fingerprint density at radius 1 is 1.36 bits per heavy atom. The third-order valence-corrected chi connectivity index (χ3v) is 5.00. The molecule has 7 nitrogen and oxygen atoms in total. The molecule has 1 heterocycles. The van der Waals surface area contributed by atoms with E-state index in [4.69, 9.17) is 0 Å². The van der Waals surface area contributed by atoms with E-state index in [0.29, 0.717) is 6.42 Å². The maximum absolute atomic E-state index is 12.8. The quantitative estimate of drug-likeness (QED) is 0.802. The molecule has 0 fully saturated rings. The predicted octanol–water partition coefficient (Wildman–Crippen LogP) is 0.465. The second-order valence-corrected chi connectivity index (χ2v) is 6.83. The van der Waals surface area contributed by atoms with Crippen LogP contribution in [0.4, 0.5) is 4.39 Å². The summed E-state index contributed by atoms with van der Waals surface area (Å²) in [6, 6.07) is 5.87. The molecule has 1 atom stereocenters. The molecular formula is C13H15FN4O3S. The first-order valence-corrected chi connectivity index (χ1v) is 8.07. The molecule has 2 N–H and O–H groups in total. The fraction of sp³-hybridized carbons (Fsp3) is 0.308. The number of rotatable bonds is 6. The highest BCUT2D eigenvalue weighted by atomic mass is 32.2. The van der Waals surface area contributed by atoms with E-state index in [2.05, 4.69) is 20.5 Å². The number of hydrogen-bond acceptors (Lipinski definition) is 5. The summed E-state index contributed by atoms with van der Waals surface area (Å²) in [5.41, 5.74) is 0.840. The zero-order chi connectivity index (χ0) is 16.2. The van der Waals surface area contributed by atoms with Crippen molar-refractivity contribution in [1.82, 2.24) is 20.5 Å². The number of amides is 1. The molecule has 1 unspecified atom stereocenters. The zero-order valence-corrected chi connectivity index (χ0v) is 12.6. The van der Waals surface area contributed by atoms with Gasteiger partial charge in [-0.15, -0.1) is 0 Å². The first-order chi connectivity index (χ1) is 10.4. The van der Waals surface area contributed by atoms with E-state index in [0.717, 1.165) is 11.9 Å². The maximum Gasteiger partial charge on any atom is 0.243 e. The number of benzene rings is 1. The monoisotopic (exact) mass is 326 g/mol. The molecular weight excluding hydrogens is 311 g/mol. The Morgan fingerprint density at radius 2 is 2.05 bits per heavy atom. The summed E-state index contributed by atoms with van der Waals surface area (Å²) in [4.78, 5) is 15.5. The minimum absolute atomic E-state index is 0.251. The van der Waals surface area contributed by atoms with Crippen molar-refractivity contribution in [1.29, 1.82) is 0 Å². The number of halogens is 1. The van der Waals surface area contributed by atoms with Gasteiger partial charge in [-0.3, -0.25) is 9.89 Å². The van der Waals surface area contributed by atoms with E-state index in [1.807, 2.05) is 0 Å². The Hall–Kier alpha value is -2.29. The van der Waals surface area contributed by atoms with Crippen LogP contribution in [-0.4, -0.2) is 41.3 Å². The topological polar surface area (TPSA) is 105 Å². The lowest BCUT2D eigenvalue weighted by molar-refractivity contribution is -0.120. The van der Waals surface area contributed by atoms with Crippen LogP contribution in [0.3, 0.4) is 0 Å². The number of nitrogens with zero attached hydrogens (tertiary/aromatic N) is 2. The fourth-order valence-corrected chi connectivity index (χ4v) is 2.84. The van der Waals surface area contributed by atoms with Gasteiger partial charge in [-0.1, -0.05) is 12.1 Å². The van der Waals surface area contributed by atoms with Gasteiger partial charge in [0, 0.05) is 6.54 Å². The second kappa shape index (κ2) is 6.65. The average Bonchev–Trinajstić information content (AvgIpc) is 3.03. The summed E-state index contributed by atoms with van der Waals surface area (Å²) in [7, 11) is -3.89. The van der Waals surface area contributed by atoms with Gasteiger partial charge < -0.3 is 5.32 Å². The average molecular weight is 326 g/mol. The highest BCUT2D eigenvalue weighted by molar-refractivity contribution is 7.92. The Morgan fingerprint density at radius 3 is 2.64 bits per heavy atom. The van der Waals surface area contributed by atoms with Crippen LogP contribution in [-0.2, 0) is 21.1 Å². The molecule has 0 bridgehead atoms. The summed E-state index contributed by atoms with van der Waals surface area (Å²) in [6.45, 7) is 1.53. The standard InChI is InChI=1S/C13H15FN4O3S/c1-9(22(20,21)13-16-8-17-18-13)12(19)15-7-6-10-2-4-11(14)5-3-10/h2-5,8-9H,6-7H2,1H3,(H,15,19)(H,16,17,18). The van der Waals surface area contributed by atoms with Crippen LogP contribution < -0.4 is 5.32 Å². The lowest BCUT2D eigenvalue weighted by atomic mass is 10.1. The largest absolute Gasteiger partial charge is 0.355 e. The smallest absolute Gasteiger partial charge is 0.243 e. The summed E-state index contributed by atoms with van der Waals surface area (Å²) in [5.74, 6) is -0.960. The predicted molar refractivity (Wildman–Crippen MR) is 76.1 cm³/mol. The fourth-order valence-electron chi connectivity index (χ4n) is 1.76. The van der Waals surface area contributed by atoms with E-state index in [1.165, 1.54) is 19.1 Å². The van der Waals surface area contributed by atoms with Crippen LogP contribution in [0.5, 0.6) is 0 Å². The molecule has 1 aromatic carbocycles. The van der Waals surface area contributed by atoms with Crippen LogP contribution in [0.1, 0.15) is 12.5 Å². The number of sulfone groups is 1. The van der Waals surface area contributed by atoms with Crippen molar-refractivity contribution in [2.75, 3.05) is 6.54 Å². The van der Waals surface area contributed by atoms with Gasteiger partial charge in [0.15, 0.2) is 0 Å². The minimum atomic E-state index is -3.89. The van der Waals surface area contributed by atoms with Crippen LogP contribution in [0.15, 0.2) is 35.7 Å². The van der Waals surface area contributed by atoms with E-state index in [9.17, 15) is 17.6 Å². The highest BCUT2D eigenvalue weighted by Crippen LogP contribution is 2.10. The van der Waals surface area contributed by atoms with Gasteiger partial charge in [-0.2, -0.15) is 5.10 Å². The van der Waals surface area contributed by atoms with E-state index in [1.54, 1.807) is 12.1 Å². The van der Waals surface area contributed by atoms with Crippen LogP contribution >= 0.6 is 0 Å². The van der Waals surface area contributed by atoms with Crippen molar-refractivity contribution in [2.45, 2.75) is 23.8 Å². The molecule has 9 heteroatoms. The van der Waals surface area contributed by atoms with Crippen molar-refractivity contribution in [3.05, 3.63) is 42.0 Å².